The topological polar surface area (TPSA) is 135 Å². The van der Waals surface area contributed by atoms with E-state index in [0.717, 1.165) is 25.9 Å². The predicted octanol–water partition coefficient (Wildman–Crippen LogP) is 2.40. The van der Waals surface area contributed by atoms with Gasteiger partial charge in [0, 0.05) is 50.6 Å². The van der Waals surface area contributed by atoms with Crippen LogP contribution in [0.2, 0.25) is 0 Å². The molecule has 38 heavy (non-hydrogen) atoms. The Morgan fingerprint density at radius 2 is 1.97 bits per heavy atom. The van der Waals surface area contributed by atoms with Gasteiger partial charge < -0.3 is 30.7 Å². The summed E-state index contributed by atoms with van der Waals surface area (Å²) in [6, 6.07) is 5.97. The fraction of sp³-hybridized carbons (Fsp3) is 0.556. The SMILES string of the molecule is CCc1nc(C(N)=O)c(Nc2ccc3c(c2)C(=O)N2CCN(C(C)C)CC2CO3)nc1NC1CCOCC1. The van der Waals surface area contributed by atoms with Gasteiger partial charge in [-0.1, -0.05) is 6.92 Å². The Balaban J connectivity index is 1.42. The van der Waals surface area contributed by atoms with Gasteiger partial charge in [0.2, 0.25) is 0 Å². The number of carbonyl (C=O) groups excluding carboxylic acids is 2. The molecule has 0 aliphatic carbocycles. The van der Waals surface area contributed by atoms with Crippen LogP contribution >= 0.6 is 0 Å². The summed E-state index contributed by atoms with van der Waals surface area (Å²) in [5.41, 5.74) is 7.49. The van der Waals surface area contributed by atoms with Crippen LogP contribution in [0.3, 0.4) is 0 Å². The maximum Gasteiger partial charge on any atom is 0.271 e. The van der Waals surface area contributed by atoms with E-state index in [2.05, 4.69) is 34.4 Å². The van der Waals surface area contributed by atoms with Gasteiger partial charge in [-0.3, -0.25) is 14.5 Å². The van der Waals surface area contributed by atoms with Gasteiger partial charge in [-0.2, -0.15) is 0 Å². The zero-order chi connectivity index (χ0) is 26.8. The molecular formula is C27H37N7O4. The molecule has 3 aliphatic rings. The van der Waals surface area contributed by atoms with E-state index in [1.165, 1.54) is 0 Å². The second-order valence-corrected chi connectivity index (χ2v) is 10.4. The first-order valence-corrected chi connectivity index (χ1v) is 13.5. The number of piperazine rings is 1. The van der Waals surface area contributed by atoms with Crippen molar-refractivity contribution in [1.82, 2.24) is 19.8 Å². The van der Waals surface area contributed by atoms with Gasteiger partial charge in [-0.15, -0.1) is 0 Å². The molecule has 2 fully saturated rings. The van der Waals surface area contributed by atoms with Crippen LogP contribution in [0, 0.1) is 0 Å². The molecule has 0 saturated carbocycles. The van der Waals surface area contributed by atoms with Crippen molar-refractivity contribution in [3.8, 4) is 5.75 Å². The van der Waals surface area contributed by atoms with E-state index in [4.69, 9.17) is 20.2 Å². The number of nitrogens with zero attached hydrogens (tertiary/aromatic N) is 4. The summed E-state index contributed by atoms with van der Waals surface area (Å²) < 4.78 is 11.5. The molecular weight excluding hydrogens is 486 g/mol. The van der Waals surface area contributed by atoms with Crippen molar-refractivity contribution < 1.29 is 19.1 Å². The number of nitrogens with one attached hydrogen (secondary N) is 2. The van der Waals surface area contributed by atoms with Crippen LogP contribution in [-0.2, 0) is 11.2 Å². The Labute approximate surface area is 223 Å². The lowest BCUT2D eigenvalue weighted by Crippen LogP contribution is -2.57. The van der Waals surface area contributed by atoms with Gasteiger partial charge in [-0.05, 0) is 51.3 Å². The first-order valence-electron chi connectivity index (χ1n) is 13.5. The molecule has 11 heteroatoms. The second-order valence-electron chi connectivity index (χ2n) is 10.4. The van der Waals surface area contributed by atoms with E-state index < -0.39 is 5.91 Å². The minimum absolute atomic E-state index is 0.00445. The Morgan fingerprint density at radius 3 is 2.68 bits per heavy atom. The third kappa shape index (κ3) is 5.39. The molecule has 0 spiro atoms. The average molecular weight is 524 g/mol. The van der Waals surface area contributed by atoms with Crippen LogP contribution in [0.5, 0.6) is 5.75 Å². The maximum absolute atomic E-state index is 13.6. The molecule has 11 nitrogen and oxygen atoms in total. The van der Waals surface area contributed by atoms with Gasteiger partial charge in [0.15, 0.2) is 17.3 Å². The summed E-state index contributed by atoms with van der Waals surface area (Å²) in [5.74, 6) is 0.684. The van der Waals surface area contributed by atoms with Gasteiger partial charge in [-0.25, -0.2) is 9.97 Å². The molecule has 1 unspecified atom stereocenters. The van der Waals surface area contributed by atoms with Crippen molar-refractivity contribution in [2.75, 3.05) is 50.1 Å². The van der Waals surface area contributed by atoms with E-state index in [1.54, 1.807) is 12.1 Å². The highest BCUT2D eigenvalue weighted by Crippen LogP contribution is 2.31. The number of benzene rings is 1. The van der Waals surface area contributed by atoms with E-state index >= 15 is 0 Å². The number of aromatic nitrogens is 2. The van der Waals surface area contributed by atoms with Gasteiger partial charge >= 0.3 is 0 Å². The monoisotopic (exact) mass is 523 g/mol. The molecule has 2 aromatic rings. The number of hydrogen-bond acceptors (Lipinski definition) is 9. The molecule has 4 N–H and O–H groups in total. The number of hydrogen-bond donors (Lipinski definition) is 3. The third-order valence-electron chi connectivity index (χ3n) is 7.51. The van der Waals surface area contributed by atoms with E-state index in [-0.39, 0.29) is 29.5 Å². The molecule has 1 atom stereocenters. The van der Waals surface area contributed by atoms with Gasteiger partial charge in [0.25, 0.3) is 11.8 Å². The Hall–Kier alpha value is -3.44. The van der Waals surface area contributed by atoms with Crippen LogP contribution < -0.4 is 21.1 Å². The minimum atomic E-state index is -0.674. The van der Waals surface area contributed by atoms with Crippen LogP contribution in [0.1, 0.15) is 60.2 Å². The smallest absolute Gasteiger partial charge is 0.271 e. The lowest BCUT2D eigenvalue weighted by molar-refractivity contribution is 0.0311. The summed E-state index contributed by atoms with van der Waals surface area (Å²) in [6.45, 7) is 10.4. The quantitative estimate of drug-likeness (QED) is 0.500. The van der Waals surface area contributed by atoms with E-state index in [9.17, 15) is 9.59 Å². The Kier molecular flexibility index (Phi) is 7.66. The largest absolute Gasteiger partial charge is 0.491 e. The first-order chi connectivity index (χ1) is 18.3. The van der Waals surface area contributed by atoms with Crippen molar-refractivity contribution >= 4 is 29.1 Å². The van der Waals surface area contributed by atoms with Crippen molar-refractivity contribution in [1.29, 1.82) is 0 Å². The molecule has 4 heterocycles. The molecule has 1 aromatic heterocycles. The number of primary amides is 1. The fourth-order valence-electron chi connectivity index (χ4n) is 5.26. The average Bonchev–Trinajstić information content (AvgIpc) is 3.05. The molecule has 2 saturated heterocycles. The van der Waals surface area contributed by atoms with Crippen LogP contribution in [0.4, 0.5) is 17.3 Å². The zero-order valence-electron chi connectivity index (χ0n) is 22.3. The number of anilines is 3. The van der Waals surface area contributed by atoms with Crippen LogP contribution in [0.25, 0.3) is 0 Å². The number of rotatable bonds is 7. The minimum Gasteiger partial charge on any atom is -0.491 e. The van der Waals surface area contributed by atoms with E-state index in [0.29, 0.717) is 67.3 Å². The highest BCUT2D eigenvalue weighted by Gasteiger charge is 2.36. The number of nitrogens with two attached hydrogens (primary N) is 1. The van der Waals surface area contributed by atoms with Crippen LogP contribution in [0.15, 0.2) is 18.2 Å². The third-order valence-corrected chi connectivity index (χ3v) is 7.51. The maximum atomic E-state index is 13.6. The molecule has 204 valence electrons. The lowest BCUT2D eigenvalue weighted by atomic mass is 10.1. The summed E-state index contributed by atoms with van der Waals surface area (Å²) in [7, 11) is 0. The second kappa shape index (κ2) is 11.1. The summed E-state index contributed by atoms with van der Waals surface area (Å²) in [5, 5.41) is 6.66. The number of amides is 2. The van der Waals surface area contributed by atoms with Crippen molar-refractivity contribution in [2.24, 2.45) is 5.73 Å². The summed E-state index contributed by atoms with van der Waals surface area (Å²) in [6.07, 6.45) is 2.32. The molecule has 5 rings (SSSR count). The molecule has 0 radical (unpaired) electrons. The highest BCUT2D eigenvalue weighted by atomic mass is 16.5. The first kappa shape index (κ1) is 26.2. The highest BCUT2D eigenvalue weighted by molar-refractivity contribution is 5.99. The molecule has 2 amide bonds. The van der Waals surface area contributed by atoms with Gasteiger partial charge in [0.1, 0.15) is 12.4 Å². The van der Waals surface area contributed by atoms with Gasteiger partial charge in [0.05, 0.1) is 17.3 Å². The van der Waals surface area contributed by atoms with E-state index in [1.807, 2.05) is 17.9 Å². The summed E-state index contributed by atoms with van der Waals surface area (Å²) in [4.78, 5) is 39.4. The van der Waals surface area contributed by atoms with Crippen LogP contribution in [-0.4, -0.2) is 89.2 Å². The predicted molar refractivity (Wildman–Crippen MR) is 144 cm³/mol. The number of carbonyl (C=O) groups is 2. The molecule has 3 aliphatic heterocycles. The van der Waals surface area contributed by atoms with Crippen molar-refractivity contribution in [3.63, 3.8) is 0 Å². The standard InChI is InChI=1S/C27H37N7O4/c1-4-21-25(29-17-7-11-37-12-8-17)32-26(23(31-21)24(28)35)30-18-5-6-22-20(13-18)27(36)34-10-9-33(16(2)3)14-19(34)15-38-22/h5-6,13,16-17,19H,4,7-12,14-15H2,1-3H3,(H2,28,35)(H2,29,30,32). The Bertz CT molecular complexity index is 1200. The number of aryl methyl sites for hydroxylation is 1. The molecule has 0 bridgehead atoms. The summed E-state index contributed by atoms with van der Waals surface area (Å²) >= 11 is 0. The number of ether oxygens (including phenoxy) is 2. The van der Waals surface area contributed by atoms with Crippen molar-refractivity contribution in [3.05, 3.63) is 35.2 Å². The zero-order valence-corrected chi connectivity index (χ0v) is 22.3. The number of fused-ring (bicyclic) bond motifs is 2. The normalized spacial score (nSPS) is 20.4. The fourth-order valence-corrected chi connectivity index (χ4v) is 5.26. The van der Waals surface area contributed by atoms with Crippen molar-refractivity contribution in [2.45, 2.75) is 58.2 Å². The Morgan fingerprint density at radius 1 is 1.18 bits per heavy atom. The molecule has 1 aromatic carbocycles. The lowest BCUT2D eigenvalue weighted by Gasteiger charge is -2.41.